The van der Waals surface area contributed by atoms with Gasteiger partial charge in [0, 0.05) is 0 Å². The third kappa shape index (κ3) is 2.33. The van der Waals surface area contributed by atoms with Crippen LogP contribution in [0.4, 0.5) is 4.79 Å². The van der Waals surface area contributed by atoms with Crippen molar-refractivity contribution in [1.82, 2.24) is 5.06 Å². The molecule has 3 N–H and O–H groups in total. The predicted octanol–water partition coefficient (Wildman–Crippen LogP) is 1.78. The van der Waals surface area contributed by atoms with Crippen molar-refractivity contribution in [2.24, 2.45) is 11.7 Å². The monoisotopic (exact) mass is 220 g/mol. The van der Waals surface area contributed by atoms with E-state index < -0.39 is 6.03 Å². The van der Waals surface area contributed by atoms with Crippen molar-refractivity contribution < 1.29 is 10.0 Å². The lowest BCUT2D eigenvalue weighted by Gasteiger charge is -2.38. The molecule has 4 heteroatoms. The van der Waals surface area contributed by atoms with Crippen LogP contribution in [-0.4, -0.2) is 22.3 Å². The summed E-state index contributed by atoms with van der Waals surface area (Å²) in [4.78, 5) is 10.7. The minimum atomic E-state index is -0.761. The normalized spacial score (nSPS) is 23.6. The maximum absolute atomic E-state index is 10.7. The van der Waals surface area contributed by atoms with Crippen molar-refractivity contribution in [3.05, 3.63) is 35.9 Å². The summed E-state index contributed by atoms with van der Waals surface area (Å²) >= 11 is 0. The Labute approximate surface area is 94.6 Å². The Morgan fingerprint density at radius 1 is 1.38 bits per heavy atom. The first-order chi connectivity index (χ1) is 7.66. The van der Waals surface area contributed by atoms with Crippen LogP contribution in [0.25, 0.3) is 0 Å². The minimum absolute atomic E-state index is 0.0915. The van der Waals surface area contributed by atoms with Gasteiger partial charge in [-0.15, -0.1) is 0 Å². The molecule has 0 unspecified atom stereocenters. The lowest BCUT2D eigenvalue weighted by Crippen LogP contribution is -2.48. The average molecular weight is 220 g/mol. The van der Waals surface area contributed by atoms with Crippen LogP contribution < -0.4 is 5.73 Å². The lowest BCUT2D eigenvalue weighted by atomic mass is 9.76. The van der Waals surface area contributed by atoms with Gasteiger partial charge in [-0.3, -0.25) is 5.21 Å². The Hall–Kier alpha value is -1.55. The molecular weight excluding hydrogens is 204 g/mol. The maximum atomic E-state index is 10.7. The van der Waals surface area contributed by atoms with Crippen LogP contribution in [-0.2, 0) is 6.42 Å². The molecule has 0 atom stereocenters. The smallest absolute Gasteiger partial charge is 0.338 e. The lowest BCUT2D eigenvalue weighted by molar-refractivity contribution is -0.110. The van der Waals surface area contributed by atoms with Gasteiger partial charge in [-0.1, -0.05) is 30.3 Å². The molecule has 0 aliphatic heterocycles. The van der Waals surface area contributed by atoms with E-state index in [2.05, 4.69) is 12.1 Å². The van der Waals surface area contributed by atoms with E-state index in [1.807, 2.05) is 18.2 Å². The molecule has 0 heterocycles. The fourth-order valence-electron chi connectivity index (χ4n) is 2.19. The molecule has 0 spiro atoms. The van der Waals surface area contributed by atoms with Gasteiger partial charge in [-0.2, -0.15) is 0 Å². The second kappa shape index (κ2) is 4.53. The van der Waals surface area contributed by atoms with Crippen LogP contribution in [0.5, 0.6) is 0 Å². The molecule has 1 aromatic carbocycles. The van der Waals surface area contributed by atoms with Crippen LogP contribution in [0, 0.1) is 5.92 Å². The third-order valence-electron chi connectivity index (χ3n) is 3.15. The van der Waals surface area contributed by atoms with Gasteiger partial charge in [0.2, 0.25) is 0 Å². The number of hydrogen-bond donors (Lipinski definition) is 2. The molecule has 0 aromatic heterocycles. The third-order valence-corrected chi connectivity index (χ3v) is 3.15. The number of primary amides is 1. The molecule has 16 heavy (non-hydrogen) atoms. The summed E-state index contributed by atoms with van der Waals surface area (Å²) in [6, 6.07) is 9.38. The molecule has 1 aliphatic carbocycles. The van der Waals surface area contributed by atoms with E-state index in [9.17, 15) is 10.0 Å². The molecule has 0 bridgehead atoms. The first-order valence-corrected chi connectivity index (χ1v) is 5.48. The molecule has 4 nitrogen and oxygen atoms in total. The SMILES string of the molecule is NC(=O)N(O)[C@H]1C[C@@H](Cc2ccccc2)C1. The molecule has 1 saturated carbocycles. The van der Waals surface area contributed by atoms with Gasteiger partial charge in [-0.05, 0) is 30.7 Å². The highest BCUT2D eigenvalue weighted by atomic mass is 16.5. The summed E-state index contributed by atoms with van der Waals surface area (Å²) in [6.45, 7) is 0. The van der Waals surface area contributed by atoms with E-state index in [4.69, 9.17) is 5.73 Å². The maximum Gasteiger partial charge on any atom is 0.338 e. The van der Waals surface area contributed by atoms with Gasteiger partial charge in [0.25, 0.3) is 0 Å². The second-order valence-electron chi connectivity index (χ2n) is 4.36. The Morgan fingerprint density at radius 3 is 2.56 bits per heavy atom. The Balaban J connectivity index is 1.79. The summed E-state index contributed by atoms with van der Waals surface area (Å²) < 4.78 is 0. The van der Waals surface area contributed by atoms with Crippen LogP contribution >= 0.6 is 0 Å². The van der Waals surface area contributed by atoms with E-state index in [0.717, 1.165) is 19.3 Å². The average Bonchev–Trinajstić information content (AvgIpc) is 2.23. The zero-order chi connectivity index (χ0) is 11.5. The topological polar surface area (TPSA) is 66.6 Å². The van der Waals surface area contributed by atoms with Gasteiger partial charge in [-0.25, -0.2) is 9.86 Å². The zero-order valence-corrected chi connectivity index (χ0v) is 9.04. The summed E-state index contributed by atoms with van der Waals surface area (Å²) in [5.74, 6) is 0.543. The van der Waals surface area contributed by atoms with E-state index in [-0.39, 0.29) is 6.04 Å². The number of rotatable bonds is 3. The van der Waals surface area contributed by atoms with Crippen LogP contribution in [0.2, 0.25) is 0 Å². The molecule has 2 amide bonds. The summed E-state index contributed by atoms with van der Waals surface area (Å²) in [5.41, 5.74) is 6.28. The van der Waals surface area contributed by atoms with E-state index in [1.54, 1.807) is 0 Å². The number of benzene rings is 1. The molecule has 1 fully saturated rings. The van der Waals surface area contributed by atoms with Crippen LogP contribution in [0.1, 0.15) is 18.4 Å². The Morgan fingerprint density at radius 2 is 2.00 bits per heavy atom. The van der Waals surface area contributed by atoms with Crippen molar-refractivity contribution >= 4 is 6.03 Å². The van der Waals surface area contributed by atoms with Crippen molar-refractivity contribution in [2.45, 2.75) is 25.3 Å². The number of carbonyl (C=O) groups is 1. The highest BCUT2D eigenvalue weighted by Crippen LogP contribution is 2.33. The fourth-order valence-corrected chi connectivity index (χ4v) is 2.19. The van der Waals surface area contributed by atoms with E-state index in [0.29, 0.717) is 11.0 Å². The number of amides is 2. The Kier molecular flexibility index (Phi) is 3.10. The molecule has 1 aromatic rings. The first kappa shape index (κ1) is 11.0. The van der Waals surface area contributed by atoms with Crippen LogP contribution in [0.3, 0.4) is 0 Å². The van der Waals surface area contributed by atoms with Crippen molar-refractivity contribution in [3.8, 4) is 0 Å². The Bertz CT molecular complexity index is 361. The zero-order valence-electron chi connectivity index (χ0n) is 9.04. The van der Waals surface area contributed by atoms with E-state index >= 15 is 0 Å². The molecule has 0 radical (unpaired) electrons. The molecular formula is C12H16N2O2. The summed E-state index contributed by atoms with van der Waals surface area (Å²) in [7, 11) is 0. The molecule has 1 aliphatic rings. The van der Waals surface area contributed by atoms with Crippen LogP contribution in [0.15, 0.2) is 30.3 Å². The van der Waals surface area contributed by atoms with Crippen molar-refractivity contribution in [1.29, 1.82) is 0 Å². The second-order valence-corrected chi connectivity index (χ2v) is 4.36. The first-order valence-electron chi connectivity index (χ1n) is 5.48. The predicted molar refractivity (Wildman–Crippen MR) is 59.9 cm³/mol. The minimum Gasteiger partial charge on any atom is -0.350 e. The van der Waals surface area contributed by atoms with Crippen molar-refractivity contribution in [2.75, 3.05) is 0 Å². The molecule has 2 rings (SSSR count). The van der Waals surface area contributed by atoms with Gasteiger partial charge in [0.1, 0.15) is 0 Å². The summed E-state index contributed by atoms with van der Waals surface area (Å²) in [5, 5.41) is 9.94. The number of hydroxylamine groups is 2. The van der Waals surface area contributed by atoms with Gasteiger partial charge in [0.15, 0.2) is 0 Å². The number of urea groups is 1. The largest absolute Gasteiger partial charge is 0.350 e. The van der Waals surface area contributed by atoms with Crippen molar-refractivity contribution in [3.63, 3.8) is 0 Å². The fraction of sp³-hybridized carbons (Fsp3) is 0.417. The highest BCUT2D eigenvalue weighted by molar-refractivity contribution is 5.71. The highest BCUT2D eigenvalue weighted by Gasteiger charge is 2.34. The van der Waals surface area contributed by atoms with Gasteiger partial charge in [0.05, 0.1) is 6.04 Å². The standard InChI is InChI=1S/C12H16N2O2/c13-12(15)14(16)11-7-10(8-11)6-9-4-2-1-3-5-9/h1-5,10-11,16H,6-8H2,(H2,13,15)/t10-,11+. The summed E-state index contributed by atoms with van der Waals surface area (Å²) in [6.07, 6.45) is 2.66. The quantitative estimate of drug-likeness (QED) is 0.602. The molecule has 0 saturated heterocycles. The number of nitrogens with zero attached hydrogens (tertiary/aromatic N) is 1. The van der Waals surface area contributed by atoms with Gasteiger partial charge < -0.3 is 5.73 Å². The number of carbonyl (C=O) groups excluding carboxylic acids is 1. The molecule has 86 valence electrons. The number of nitrogens with two attached hydrogens (primary N) is 1. The van der Waals surface area contributed by atoms with Gasteiger partial charge >= 0.3 is 6.03 Å². The van der Waals surface area contributed by atoms with E-state index in [1.165, 1.54) is 5.56 Å². The number of hydrogen-bond acceptors (Lipinski definition) is 2.